The molecule has 0 aromatic heterocycles. The maximum absolute atomic E-state index is 12.9. The predicted octanol–water partition coefficient (Wildman–Crippen LogP) is 4.76. The molecule has 3 aromatic rings. The Kier molecular flexibility index (Phi) is 7.48. The minimum absolute atomic E-state index is 0.0883. The summed E-state index contributed by atoms with van der Waals surface area (Å²) in [5, 5.41) is 2.61. The molecule has 0 fully saturated rings. The van der Waals surface area contributed by atoms with E-state index in [1.165, 1.54) is 24.3 Å². The number of anilines is 1. The number of benzene rings is 3. The maximum atomic E-state index is 12.9. The van der Waals surface area contributed by atoms with E-state index in [1.54, 1.807) is 24.3 Å². The molecule has 0 bridgehead atoms. The van der Waals surface area contributed by atoms with Gasteiger partial charge in [0.15, 0.2) is 12.4 Å². The smallest absolute Gasteiger partial charge is 0.306 e. The summed E-state index contributed by atoms with van der Waals surface area (Å²) in [6, 6.07) is 21.1. The molecule has 1 amide bonds. The topological polar surface area (TPSA) is 81.7 Å². The molecule has 0 spiro atoms. The summed E-state index contributed by atoms with van der Waals surface area (Å²) in [5.41, 5.74) is 0.833. The zero-order chi connectivity index (χ0) is 22.1. The minimum Gasteiger partial charge on any atom is -0.457 e. The fourth-order valence-electron chi connectivity index (χ4n) is 2.64. The Bertz CT molecular complexity index is 1030. The number of para-hydroxylation sites is 1. The van der Waals surface area contributed by atoms with E-state index in [2.05, 4.69) is 5.32 Å². The standard InChI is InChI=1S/C24H20FNO5/c25-18-8-6-17(7-9-18)22(27)14-15-24(29)30-16-23(28)26-19-10-12-21(13-11-19)31-20-4-2-1-3-5-20/h1-13H,14-16H2,(H,26,28). The van der Waals surface area contributed by atoms with Gasteiger partial charge in [0.2, 0.25) is 0 Å². The molecule has 0 aliphatic rings. The second-order valence-electron chi connectivity index (χ2n) is 6.58. The normalized spacial score (nSPS) is 10.2. The lowest BCUT2D eigenvalue weighted by atomic mass is 10.1. The first-order valence-electron chi connectivity index (χ1n) is 9.57. The molecule has 158 valence electrons. The van der Waals surface area contributed by atoms with Gasteiger partial charge in [0.25, 0.3) is 5.91 Å². The van der Waals surface area contributed by atoms with Crippen LogP contribution in [-0.2, 0) is 14.3 Å². The Morgan fingerprint density at radius 3 is 2.10 bits per heavy atom. The third-order valence-electron chi connectivity index (χ3n) is 4.20. The third kappa shape index (κ3) is 7.08. The lowest BCUT2D eigenvalue weighted by Gasteiger charge is -2.08. The fourth-order valence-corrected chi connectivity index (χ4v) is 2.64. The number of amides is 1. The van der Waals surface area contributed by atoms with Crippen LogP contribution in [-0.4, -0.2) is 24.3 Å². The summed E-state index contributed by atoms with van der Waals surface area (Å²) in [6.07, 6.45) is -0.260. The van der Waals surface area contributed by atoms with Gasteiger partial charge in [-0.25, -0.2) is 4.39 Å². The van der Waals surface area contributed by atoms with Crippen LogP contribution in [0.1, 0.15) is 23.2 Å². The van der Waals surface area contributed by atoms with Gasteiger partial charge in [0.1, 0.15) is 17.3 Å². The fraction of sp³-hybridized carbons (Fsp3) is 0.125. The zero-order valence-corrected chi connectivity index (χ0v) is 16.5. The molecule has 0 radical (unpaired) electrons. The van der Waals surface area contributed by atoms with Gasteiger partial charge in [-0.1, -0.05) is 18.2 Å². The van der Waals surface area contributed by atoms with Crippen LogP contribution in [0, 0.1) is 5.82 Å². The molecular weight excluding hydrogens is 401 g/mol. The van der Waals surface area contributed by atoms with Crippen molar-refractivity contribution < 1.29 is 28.2 Å². The summed E-state index contributed by atoms with van der Waals surface area (Å²) < 4.78 is 23.4. The van der Waals surface area contributed by atoms with Crippen molar-refractivity contribution in [1.82, 2.24) is 0 Å². The molecule has 6 nitrogen and oxygen atoms in total. The number of hydrogen-bond donors (Lipinski definition) is 1. The highest BCUT2D eigenvalue weighted by atomic mass is 19.1. The van der Waals surface area contributed by atoms with E-state index in [0.29, 0.717) is 22.7 Å². The molecule has 0 heterocycles. The molecule has 0 saturated carbocycles. The number of halogens is 1. The van der Waals surface area contributed by atoms with Gasteiger partial charge in [-0.05, 0) is 60.7 Å². The third-order valence-corrected chi connectivity index (χ3v) is 4.20. The molecule has 0 atom stereocenters. The molecule has 0 aliphatic carbocycles. The van der Waals surface area contributed by atoms with E-state index in [-0.39, 0.29) is 18.6 Å². The number of ketones is 1. The van der Waals surface area contributed by atoms with Gasteiger partial charge in [0.05, 0.1) is 6.42 Å². The van der Waals surface area contributed by atoms with E-state index in [4.69, 9.17) is 9.47 Å². The van der Waals surface area contributed by atoms with E-state index in [0.717, 1.165) is 0 Å². The van der Waals surface area contributed by atoms with Crippen LogP contribution in [0.5, 0.6) is 11.5 Å². The number of Topliss-reactive ketones (excluding diaryl/α,β-unsaturated/α-hetero) is 1. The van der Waals surface area contributed by atoms with E-state index >= 15 is 0 Å². The van der Waals surface area contributed by atoms with Crippen molar-refractivity contribution >= 4 is 23.3 Å². The van der Waals surface area contributed by atoms with Crippen LogP contribution in [0.2, 0.25) is 0 Å². The molecule has 3 aromatic carbocycles. The summed E-state index contributed by atoms with van der Waals surface area (Å²) in [5.74, 6) is -0.614. The summed E-state index contributed by atoms with van der Waals surface area (Å²) in [7, 11) is 0. The molecule has 1 N–H and O–H groups in total. The zero-order valence-electron chi connectivity index (χ0n) is 16.5. The molecule has 7 heteroatoms. The number of esters is 1. The van der Waals surface area contributed by atoms with Crippen LogP contribution in [0.15, 0.2) is 78.9 Å². The van der Waals surface area contributed by atoms with Crippen molar-refractivity contribution in [2.75, 3.05) is 11.9 Å². The first-order valence-corrected chi connectivity index (χ1v) is 9.57. The molecule has 0 unspecified atom stereocenters. The van der Waals surface area contributed by atoms with Crippen molar-refractivity contribution in [3.63, 3.8) is 0 Å². The number of carbonyl (C=O) groups is 3. The van der Waals surface area contributed by atoms with Gasteiger partial charge in [-0.3, -0.25) is 14.4 Å². The van der Waals surface area contributed by atoms with Crippen LogP contribution in [0.3, 0.4) is 0 Å². The Morgan fingerprint density at radius 1 is 0.774 bits per heavy atom. The highest BCUT2D eigenvalue weighted by molar-refractivity contribution is 5.98. The van der Waals surface area contributed by atoms with Gasteiger partial charge >= 0.3 is 5.97 Å². The van der Waals surface area contributed by atoms with Gasteiger partial charge in [-0.15, -0.1) is 0 Å². The van der Waals surface area contributed by atoms with Crippen LogP contribution < -0.4 is 10.1 Å². The van der Waals surface area contributed by atoms with Crippen LogP contribution in [0.4, 0.5) is 10.1 Å². The number of ether oxygens (including phenoxy) is 2. The Labute approximate surface area is 178 Å². The lowest BCUT2D eigenvalue weighted by molar-refractivity contribution is -0.147. The van der Waals surface area contributed by atoms with Gasteiger partial charge in [-0.2, -0.15) is 0 Å². The highest BCUT2D eigenvalue weighted by Gasteiger charge is 2.12. The second kappa shape index (κ2) is 10.7. The molecular formula is C24H20FNO5. The largest absolute Gasteiger partial charge is 0.457 e. The highest BCUT2D eigenvalue weighted by Crippen LogP contribution is 2.22. The van der Waals surface area contributed by atoms with Crippen molar-refractivity contribution in [2.24, 2.45) is 0 Å². The SMILES string of the molecule is O=C(COC(=O)CCC(=O)c1ccc(F)cc1)Nc1ccc(Oc2ccccc2)cc1. The number of carbonyl (C=O) groups excluding carboxylic acids is 3. The van der Waals surface area contributed by atoms with Gasteiger partial charge < -0.3 is 14.8 Å². The first-order chi connectivity index (χ1) is 15.0. The summed E-state index contributed by atoms with van der Waals surface area (Å²) in [6.45, 7) is -0.466. The minimum atomic E-state index is -0.669. The van der Waals surface area contributed by atoms with E-state index in [9.17, 15) is 18.8 Å². The molecule has 3 rings (SSSR count). The number of hydrogen-bond acceptors (Lipinski definition) is 5. The summed E-state index contributed by atoms with van der Waals surface area (Å²) >= 11 is 0. The van der Waals surface area contributed by atoms with Crippen molar-refractivity contribution in [3.8, 4) is 11.5 Å². The first kappa shape index (κ1) is 21.7. The average Bonchev–Trinajstić information content (AvgIpc) is 2.78. The monoisotopic (exact) mass is 421 g/mol. The average molecular weight is 421 g/mol. The van der Waals surface area contributed by atoms with Crippen molar-refractivity contribution in [1.29, 1.82) is 0 Å². The maximum Gasteiger partial charge on any atom is 0.306 e. The Hall–Kier alpha value is -4.00. The van der Waals surface area contributed by atoms with Crippen LogP contribution in [0.25, 0.3) is 0 Å². The Balaban J connectivity index is 1.38. The molecule has 31 heavy (non-hydrogen) atoms. The van der Waals surface area contributed by atoms with Gasteiger partial charge in [0, 0.05) is 17.7 Å². The molecule has 0 saturated heterocycles. The Morgan fingerprint density at radius 2 is 1.42 bits per heavy atom. The second-order valence-corrected chi connectivity index (χ2v) is 6.58. The quantitative estimate of drug-likeness (QED) is 0.398. The number of nitrogens with one attached hydrogen (secondary N) is 1. The van der Waals surface area contributed by atoms with Crippen LogP contribution >= 0.6 is 0 Å². The molecule has 0 aliphatic heterocycles. The summed E-state index contributed by atoms with van der Waals surface area (Å²) in [4.78, 5) is 35.7. The lowest BCUT2D eigenvalue weighted by Crippen LogP contribution is -2.21. The van der Waals surface area contributed by atoms with E-state index in [1.807, 2.05) is 30.3 Å². The predicted molar refractivity (Wildman–Crippen MR) is 113 cm³/mol. The number of rotatable bonds is 9. The van der Waals surface area contributed by atoms with E-state index < -0.39 is 24.3 Å². The van der Waals surface area contributed by atoms with Crippen molar-refractivity contribution in [2.45, 2.75) is 12.8 Å². The van der Waals surface area contributed by atoms with Crippen molar-refractivity contribution in [3.05, 3.63) is 90.2 Å².